The Balaban J connectivity index is 1.85. The number of ether oxygens (including phenoxy) is 1. The summed E-state index contributed by atoms with van der Waals surface area (Å²) in [7, 11) is 0. The van der Waals surface area contributed by atoms with Gasteiger partial charge < -0.3 is 9.64 Å². The number of aryl methyl sites for hydroxylation is 1. The standard InChI is InChI=1S/C22H24F2N2O2/c1-16-6-8-17(9-7-16)20(27)15-26(21-5-3-2-4-14-25-21)18-10-12-19(13-11-18)28-22(23)24/h6-13,22H,2-5,14-15H2,1H3. The Kier molecular flexibility index (Phi) is 6.74. The number of ketones is 1. The average Bonchev–Trinajstić information content (AvgIpc) is 2.96. The molecule has 0 atom stereocenters. The number of carbonyl (C=O) groups is 1. The lowest BCUT2D eigenvalue weighted by atomic mass is 10.1. The number of hydrogen-bond acceptors (Lipinski definition) is 4. The number of rotatable bonds is 6. The molecule has 2 aromatic rings. The normalized spacial score (nSPS) is 14.4. The zero-order valence-electron chi connectivity index (χ0n) is 15.9. The van der Waals surface area contributed by atoms with Gasteiger partial charge in [-0.1, -0.05) is 36.2 Å². The molecule has 0 bridgehead atoms. The molecule has 1 heterocycles. The Labute approximate surface area is 163 Å². The Bertz CT molecular complexity index is 817. The lowest BCUT2D eigenvalue weighted by Crippen LogP contribution is -2.36. The predicted molar refractivity (Wildman–Crippen MR) is 107 cm³/mol. The van der Waals surface area contributed by atoms with Gasteiger partial charge >= 0.3 is 6.61 Å². The first-order valence-electron chi connectivity index (χ1n) is 9.48. The number of alkyl halides is 2. The van der Waals surface area contributed by atoms with Crippen molar-refractivity contribution in [2.75, 3.05) is 18.0 Å². The summed E-state index contributed by atoms with van der Waals surface area (Å²) in [6.45, 7) is -0.00549. The van der Waals surface area contributed by atoms with E-state index in [2.05, 4.69) is 9.73 Å². The molecule has 148 valence electrons. The van der Waals surface area contributed by atoms with Crippen LogP contribution in [0.15, 0.2) is 53.5 Å². The van der Waals surface area contributed by atoms with Crippen molar-refractivity contribution in [3.8, 4) is 5.75 Å². The van der Waals surface area contributed by atoms with Crippen LogP contribution in [0.5, 0.6) is 5.75 Å². The summed E-state index contributed by atoms with van der Waals surface area (Å²) >= 11 is 0. The third-order valence-corrected chi connectivity index (χ3v) is 4.71. The minimum Gasteiger partial charge on any atom is -0.435 e. The van der Waals surface area contributed by atoms with Crippen LogP contribution in [-0.2, 0) is 0 Å². The summed E-state index contributed by atoms with van der Waals surface area (Å²) in [4.78, 5) is 19.4. The molecule has 0 fully saturated rings. The highest BCUT2D eigenvalue weighted by atomic mass is 19.3. The van der Waals surface area contributed by atoms with Crippen LogP contribution in [0, 0.1) is 6.92 Å². The van der Waals surface area contributed by atoms with E-state index >= 15 is 0 Å². The van der Waals surface area contributed by atoms with Crippen LogP contribution in [0.1, 0.15) is 41.6 Å². The molecule has 1 aliphatic rings. The maximum absolute atomic E-state index is 12.9. The molecule has 0 N–H and O–H groups in total. The molecular formula is C22H24F2N2O2. The van der Waals surface area contributed by atoms with E-state index in [9.17, 15) is 13.6 Å². The van der Waals surface area contributed by atoms with Crippen molar-refractivity contribution in [1.82, 2.24) is 0 Å². The van der Waals surface area contributed by atoms with Gasteiger partial charge in [-0.25, -0.2) is 0 Å². The van der Waals surface area contributed by atoms with Crippen molar-refractivity contribution in [3.63, 3.8) is 0 Å². The molecule has 6 heteroatoms. The van der Waals surface area contributed by atoms with Gasteiger partial charge in [-0.3, -0.25) is 9.79 Å². The first-order chi connectivity index (χ1) is 13.5. The maximum Gasteiger partial charge on any atom is 0.387 e. The van der Waals surface area contributed by atoms with E-state index in [4.69, 9.17) is 0 Å². The van der Waals surface area contributed by atoms with Gasteiger partial charge in [-0.2, -0.15) is 8.78 Å². The number of halogens is 2. The monoisotopic (exact) mass is 386 g/mol. The van der Waals surface area contributed by atoms with E-state index in [0.29, 0.717) is 5.56 Å². The average molecular weight is 386 g/mol. The third kappa shape index (κ3) is 5.38. The van der Waals surface area contributed by atoms with Gasteiger partial charge in [0.15, 0.2) is 5.78 Å². The lowest BCUT2D eigenvalue weighted by Gasteiger charge is -2.26. The minimum atomic E-state index is -2.86. The first kappa shape index (κ1) is 20.0. The van der Waals surface area contributed by atoms with Crippen LogP contribution in [-0.4, -0.2) is 31.3 Å². The molecule has 0 aliphatic carbocycles. The van der Waals surface area contributed by atoms with Gasteiger partial charge in [0.2, 0.25) is 0 Å². The van der Waals surface area contributed by atoms with E-state index in [1.807, 2.05) is 36.1 Å². The summed E-state index contributed by atoms with van der Waals surface area (Å²) in [5, 5.41) is 0. The molecular weight excluding hydrogens is 362 g/mol. The molecule has 28 heavy (non-hydrogen) atoms. The number of amidine groups is 1. The summed E-state index contributed by atoms with van der Waals surface area (Å²) in [5.41, 5.74) is 2.47. The van der Waals surface area contributed by atoms with Crippen LogP contribution < -0.4 is 9.64 Å². The van der Waals surface area contributed by atoms with Crippen LogP contribution >= 0.6 is 0 Å². The van der Waals surface area contributed by atoms with Crippen LogP contribution in [0.2, 0.25) is 0 Å². The zero-order valence-corrected chi connectivity index (χ0v) is 15.9. The van der Waals surface area contributed by atoms with Gasteiger partial charge in [0.05, 0.1) is 6.54 Å². The Morgan fingerprint density at radius 1 is 1.07 bits per heavy atom. The van der Waals surface area contributed by atoms with Crippen LogP contribution in [0.3, 0.4) is 0 Å². The second kappa shape index (κ2) is 9.44. The van der Waals surface area contributed by atoms with Gasteiger partial charge in [-0.15, -0.1) is 0 Å². The summed E-state index contributed by atoms with van der Waals surface area (Å²) < 4.78 is 29.2. The topological polar surface area (TPSA) is 41.9 Å². The molecule has 0 spiro atoms. The number of Topliss-reactive ketones (excluding diaryl/α,β-unsaturated/α-hetero) is 1. The molecule has 0 aromatic heterocycles. The SMILES string of the molecule is Cc1ccc(C(=O)CN(C2=NCCCCC2)c2ccc(OC(F)F)cc2)cc1. The molecule has 0 amide bonds. The largest absolute Gasteiger partial charge is 0.435 e. The van der Waals surface area contributed by atoms with Crippen molar-refractivity contribution in [2.45, 2.75) is 39.2 Å². The molecule has 3 rings (SSSR count). The summed E-state index contributed by atoms with van der Waals surface area (Å²) in [6.07, 6.45) is 3.94. The number of nitrogens with zero attached hydrogens (tertiary/aromatic N) is 2. The van der Waals surface area contributed by atoms with Crippen molar-refractivity contribution < 1.29 is 18.3 Å². The molecule has 0 unspecified atom stereocenters. The summed E-state index contributed by atoms with van der Waals surface area (Å²) in [5.74, 6) is 0.937. The predicted octanol–water partition coefficient (Wildman–Crippen LogP) is 5.26. The first-order valence-corrected chi connectivity index (χ1v) is 9.48. The van der Waals surface area contributed by atoms with Crippen LogP contribution in [0.25, 0.3) is 0 Å². The molecule has 4 nitrogen and oxygen atoms in total. The van der Waals surface area contributed by atoms with Crippen molar-refractivity contribution in [1.29, 1.82) is 0 Å². The molecule has 1 aliphatic heterocycles. The highest BCUT2D eigenvalue weighted by Gasteiger charge is 2.20. The van der Waals surface area contributed by atoms with E-state index in [1.54, 1.807) is 12.1 Å². The quantitative estimate of drug-likeness (QED) is 0.636. The van der Waals surface area contributed by atoms with Gasteiger partial charge in [0.25, 0.3) is 0 Å². The highest BCUT2D eigenvalue weighted by molar-refractivity contribution is 6.07. The molecule has 0 radical (unpaired) electrons. The smallest absolute Gasteiger partial charge is 0.387 e. The van der Waals surface area contributed by atoms with Crippen molar-refractivity contribution in [3.05, 3.63) is 59.7 Å². The Hall–Kier alpha value is -2.76. The Morgan fingerprint density at radius 2 is 1.79 bits per heavy atom. The second-order valence-electron chi connectivity index (χ2n) is 6.86. The molecule has 0 saturated heterocycles. The van der Waals surface area contributed by atoms with Crippen molar-refractivity contribution in [2.24, 2.45) is 4.99 Å². The number of carbonyl (C=O) groups excluding carboxylic acids is 1. The highest BCUT2D eigenvalue weighted by Crippen LogP contribution is 2.24. The van der Waals surface area contributed by atoms with Gasteiger partial charge in [0.1, 0.15) is 11.6 Å². The molecule has 0 saturated carbocycles. The fourth-order valence-electron chi connectivity index (χ4n) is 3.19. The number of anilines is 1. The van der Waals surface area contributed by atoms with Crippen molar-refractivity contribution >= 4 is 17.3 Å². The third-order valence-electron chi connectivity index (χ3n) is 4.71. The van der Waals surface area contributed by atoms with E-state index in [1.165, 1.54) is 12.1 Å². The fourth-order valence-corrected chi connectivity index (χ4v) is 3.19. The number of aliphatic imine (C=N–C) groups is 1. The van der Waals surface area contributed by atoms with Gasteiger partial charge in [0, 0.05) is 24.2 Å². The minimum absolute atomic E-state index is 0.0140. The fraction of sp³-hybridized carbons (Fsp3) is 0.364. The Morgan fingerprint density at radius 3 is 2.46 bits per heavy atom. The van der Waals surface area contributed by atoms with E-state index in [-0.39, 0.29) is 18.1 Å². The summed E-state index contributed by atoms with van der Waals surface area (Å²) in [6, 6.07) is 13.8. The van der Waals surface area contributed by atoms with Crippen LogP contribution in [0.4, 0.5) is 14.5 Å². The molecule has 2 aromatic carbocycles. The van der Waals surface area contributed by atoms with E-state index in [0.717, 1.165) is 49.3 Å². The number of hydrogen-bond donors (Lipinski definition) is 0. The lowest BCUT2D eigenvalue weighted by molar-refractivity contribution is -0.0498. The van der Waals surface area contributed by atoms with Gasteiger partial charge in [-0.05, 0) is 44.0 Å². The zero-order chi connectivity index (χ0) is 19.9. The second-order valence-corrected chi connectivity index (χ2v) is 6.86. The number of benzene rings is 2. The van der Waals surface area contributed by atoms with E-state index < -0.39 is 6.61 Å². The maximum atomic E-state index is 12.9.